The average Bonchev–Trinajstić information content (AvgIpc) is 2.63. The van der Waals surface area contributed by atoms with E-state index in [-0.39, 0.29) is 0 Å². The maximum atomic E-state index is 5.43. The van der Waals surface area contributed by atoms with E-state index < -0.39 is 0 Å². The van der Waals surface area contributed by atoms with Crippen molar-refractivity contribution in [2.45, 2.75) is 6.92 Å². The van der Waals surface area contributed by atoms with E-state index >= 15 is 0 Å². The highest BCUT2D eigenvalue weighted by Crippen LogP contribution is 2.22. The molecule has 3 rings (SSSR count). The minimum Gasteiger partial charge on any atom is -0.494 e. The standard InChI is InChI=1S/C21H19NO/c1-2-23-21-14-8-17(9-15-21)16-22-20-12-10-19(11-13-20)18-6-4-3-5-7-18/h3-16H,2H2,1H3/b22-16-. The Hall–Kier alpha value is -2.87. The van der Waals surface area contributed by atoms with Crippen molar-refractivity contribution in [3.05, 3.63) is 84.4 Å². The highest BCUT2D eigenvalue weighted by atomic mass is 16.5. The summed E-state index contributed by atoms with van der Waals surface area (Å²) in [6.07, 6.45) is 1.87. The zero-order valence-electron chi connectivity index (χ0n) is 13.1. The largest absolute Gasteiger partial charge is 0.494 e. The van der Waals surface area contributed by atoms with Gasteiger partial charge in [0.05, 0.1) is 12.3 Å². The molecule has 0 N–H and O–H groups in total. The second kappa shape index (κ2) is 7.41. The van der Waals surface area contributed by atoms with Gasteiger partial charge in [-0.3, -0.25) is 4.99 Å². The fourth-order valence-electron chi connectivity index (χ4n) is 2.34. The van der Waals surface area contributed by atoms with Crippen molar-refractivity contribution in [3.8, 4) is 16.9 Å². The number of rotatable bonds is 5. The molecule has 0 unspecified atom stereocenters. The molecule has 0 heterocycles. The summed E-state index contributed by atoms with van der Waals surface area (Å²) in [6.45, 7) is 2.66. The molecule has 0 saturated heterocycles. The minimum atomic E-state index is 0.682. The Morgan fingerprint density at radius 3 is 2.09 bits per heavy atom. The molecule has 2 nitrogen and oxygen atoms in total. The molecule has 114 valence electrons. The molecule has 0 saturated carbocycles. The Morgan fingerprint density at radius 1 is 0.783 bits per heavy atom. The molecule has 0 radical (unpaired) electrons. The molecular weight excluding hydrogens is 282 g/mol. The molecule has 0 amide bonds. The smallest absolute Gasteiger partial charge is 0.119 e. The highest BCUT2D eigenvalue weighted by Gasteiger charge is 1.96. The third-order valence-electron chi connectivity index (χ3n) is 3.53. The first-order valence-electron chi connectivity index (χ1n) is 7.77. The van der Waals surface area contributed by atoms with Gasteiger partial charge in [0.1, 0.15) is 5.75 Å². The Balaban J connectivity index is 1.70. The summed E-state index contributed by atoms with van der Waals surface area (Å²) in [5, 5.41) is 0. The van der Waals surface area contributed by atoms with Crippen LogP contribution in [0.4, 0.5) is 5.69 Å². The topological polar surface area (TPSA) is 21.6 Å². The molecule has 0 fully saturated rings. The number of benzene rings is 3. The molecule has 0 spiro atoms. The quantitative estimate of drug-likeness (QED) is 0.570. The minimum absolute atomic E-state index is 0.682. The van der Waals surface area contributed by atoms with Crippen molar-refractivity contribution in [1.82, 2.24) is 0 Å². The van der Waals surface area contributed by atoms with Crippen molar-refractivity contribution in [2.24, 2.45) is 4.99 Å². The van der Waals surface area contributed by atoms with Crippen LogP contribution in [0.3, 0.4) is 0 Å². The maximum Gasteiger partial charge on any atom is 0.119 e. The first kappa shape index (κ1) is 15.0. The first-order chi connectivity index (χ1) is 11.3. The summed E-state index contributed by atoms with van der Waals surface area (Å²) >= 11 is 0. The van der Waals surface area contributed by atoms with Gasteiger partial charge in [0.15, 0.2) is 0 Å². The Morgan fingerprint density at radius 2 is 1.43 bits per heavy atom. The number of hydrogen-bond donors (Lipinski definition) is 0. The summed E-state index contributed by atoms with van der Waals surface area (Å²) in [7, 11) is 0. The van der Waals surface area contributed by atoms with Gasteiger partial charge in [-0.15, -0.1) is 0 Å². The summed E-state index contributed by atoms with van der Waals surface area (Å²) in [5.41, 5.74) is 4.42. The number of nitrogens with zero attached hydrogens (tertiary/aromatic N) is 1. The van der Waals surface area contributed by atoms with Gasteiger partial charge in [-0.05, 0) is 60.0 Å². The first-order valence-corrected chi connectivity index (χ1v) is 7.77. The van der Waals surface area contributed by atoms with E-state index in [4.69, 9.17) is 4.74 Å². The number of aliphatic imine (C=N–C) groups is 1. The SMILES string of the molecule is CCOc1ccc(/C=N\c2ccc(-c3ccccc3)cc2)cc1. The molecule has 3 aromatic rings. The summed E-state index contributed by atoms with van der Waals surface area (Å²) in [4.78, 5) is 4.52. The van der Waals surface area contributed by atoms with Crippen LogP contribution in [0.25, 0.3) is 11.1 Å². The van der Waals surface area contributed by atoms with Crippen molar-refractivity contribution in [1.29, 1.82) is 0 Å². The van der Waals surface area contributed by atoms with Crippen LogP contribution in [0, 0.1) is 0 Å². The molecule has 0 aromatic heterocycles. The molecule has 0 aliphatic heterocycles. The lowest BCUT2D eigenvalue weighted by molar-refractivity contribution is 0.340. The van der Waals surface area contributed by atoms with Gasteiger partial charge in [-0.1, -0.05) is 42.5 Å². The molecule has 3 aromatic carbocycles. The second-order valence-electron chi connectivity index (χ2n) is 5.17. The van der Waals surface area contributed by atoms with E-state index in [9.17, 15) is 0 Å². The predicted molar refractivity (Wildman–Crippen MR) is 96.7 cm³/mol. The predicted octanol–water partition coefficient (Wildman–Crippen LogP) is 5.50. The number of ether oxygens (including phenoxy) is 1. The normalized spacial score (nSPS) is 10.8. The molecule has 0 aliphatic carbocycles. The molecule has 0 aliphatic rings. The van der Waals surface area contributed by atoms with E-state index in [1.165, 1.54) is 11.1 Å². The van der Waals surface area contributed by atoms with Crippen LogP contribution in [0.5, 0.6) is 5.75 Å². The highest BCUT2D eigenvalue weighted by molar-refractivity contribution is 5.82. The van der Waals surface area contributed by atoms with E-state index in [2.05, 4.69) is 29.3 Å². The van der Waals surface area contributed by atoms with Gasteiger partial charge >= 0.3 is 0 Å². The molecule has 2 heteroatoms. The molecule has 0 bridgehead atoms. The van der Waals surface area contributed by atoms with E-state index in [1.807, 2.05) is 67.7 Å². The van der Waals surface area contributed by atoms with Gasteiger partial charge < -0.3 is 4.74 Å². The van der Waals surface area contributed by atoms with Crippen LogP contribution in [-0.2, 0) is 0 Å². The zero-order valence-corrected chi connectivity index (χ0v) is 13.1. The van der Waals surface area contributed by atoms with Crippen LogP contribution in [0.1, 0.15) is 12.5 Å². The van der Waals surface area contributed by atoms with Crippen LogP contribution in [0.2, 0.25) is 0 Å². The van der Waals surface area contributed by atoms with E-state index in [0.717, 1.165) is 17.0 Å². The molecule has 0 atom stereocenters. The summed E-state index contributed by atoms with van der Waals surface area (Å²) in [6, 6.07) is 26.5. The lowest BCUT2D eigenvalue weighted by Crippen LogP contribution is -1.91. The van der Waals surface area contributed by atoms with Crippen molar-refractivity contribution < 1.29 is 4.74 Å². The Labute approximate surface area is 137 Å². The lowest BCUT2D eigenvalue weighted by atomic mass is 10.1. The zero-order chi connectivity index (χ0) is 15.9. The summed E-state index contributed by atoms with van der Waals surface area (Å²) in [5.74, 6) is 0.886. The van der Waals surface area contributed by atoms with Gasteiger partial charge in [0.25, 0.3) is 0 Å². The van der Waals surface area contributed by atoms with Gasteiger partial charge in [-0.25, -0.2) is 0 Å². The van der Waals surface area contributed by atoms with Gasteiger partial charge in [-0.2, -0.15) is 0 Å². The third kappa shape index (κ3) is 4.07. The van der Waals surface area contributed by atoms with Crippen molar-refractivity contribution >= 4 is 11.9 Å². The van der Waals surface area contributed by atoms with E-state index in [1.54, 1.807) is 0 Å². The number of hydrogen-bond acceptors (Lipinski definition) is 2. The van der Waals surface area contributed by atoms with Crippen LogP contribution >= 0.6 is 0 Å². The van der Waals surface area contributed by atoms with Gasteiger partial charge in [0.2, 0.25) is 0 Å². The van der Waals surface area contributed by atoms with Crippen LogP contribution in [-0.4, -0.2) is 12.8 Å². The van der Waals surface area contributed by atoms with Crippen LogP contribution in [0.15, 0.2) is 83.9 Å². The lowest BCUT2D eigenvalue weighted by Gasteiger charge is -2.03. The fraction of sp³-hybridized carbons (Fsp3) is 0.0952. The molecular formula is C21H19NO. The summed E-state index contributed by atoms with van der Waals surface area (Å²) < 4.78 is 5.43. The average molecular weight is 301 g/mol. The van der Waals surface area contributed by atoms with Crippen molar-refractivity contribution in [3.63, 3.8) is 0 Å². The van der Waals surface area contributed by atoms with Crippen molar-refractivity contribution in [2.75, 3.05) is 6.61 Å². The van der Waals surface area contributed by atoms with Gasteiger partial charge in [0, 0.05) is 6.21 Å². The second-order valence-corrected chi connectivity index (χ2v) is 5.17. The third-order valence-corrected chi connectivity index (χ3v) is 3.53. The molecule has 23 heavy (non-hydrogen) atoms. The monoisotopic (exact) mass is 301 g/mol. The maximum absolute atomic E-state index is 5.43. The van der Waals surface area contributed by atoms with E-state index in [0.29, 0.717) is 6.61 Å². The Bertz CT molecular complexity index is 759. The fourth-order valence-corrected chi connectivity index (χ4v) is 2.34. The van der Waals surface area contributed by atoms with Crippen LogP contribution < -0.4 is 4.74 Å². The Kier molecular flexibility index (Phi) is 4.85.